The van der Waals surface area contributed by atoms with Gasteiger partial charge in [0.25, 0.3) is 0 Å². The Morgan fingerprint density at radius 1 is 0.478 bits per heavy atom. The molecule has 0 atom stereocenters. The second-order valence-electron chi connectivity index (χ2n) is 12.8. The molecule has 0 spiro atoms. The molecular formula is C43H64O2P+. The van der Waals surface area contributed by atoms with Gasteiger partial charge >= 0.3 is 0 Å². The van der Waals surface area contributed by atoms with Crippen LogP contribution < -0.4 is 15.9 Å². The Kier molecular flexibility index (Phi) is 20.6. The van der Waals surface area contributed by atoms with Crippen molar-refractivity contribution in [2.24, 2.45) is 0 Å². The number of allylic oxidation sites excluding steroid dienone is 2. The average Bonchev–Trinajstić information content (AvgIpc) is 3.11. The fourth-order valence-corrected chi connectivity index (χ4v) is 10.7. The molecular weight excluding hydrogens is 579 g/mol. The predicted octanol–water partition coefficient (Wildman–Crippen LogP) is 11.6. The van der Waals surface area contributed by atoms with Gasteiger partial charge in [-0.25, -0.2) is 0 Å². The van der Waals surface area contributed by atoms with E-state index in [0.29, 0.717) is 0 Å². The lowest BCUT2D eigenvalue weighted by Gasteiger charge is -2.27. The molecule has 3 aromatic rings. The third kappa shape index (κ3) is 14.3. The highest BCUT2D eigenvalue weighted by molar-refractivity contribution is 7.95. The summed E-state index contributed by atoms with van der Waals surface area (Å²) >= 11 is 0. The quantitative estimate of drug-likeness (QED) is 0.0356. The Labute approximate surface area is 283 Å². The highest BCUT2D eigenvalue weighted by Gasteiger charge is 2.44. The van der Waals surface area contributed by atoms with Gasteiger partial charge in [0.2, 0.25) is 0 Å². The molecule has 0 amide bonds. The summed E-state index contributed by atoms with van der Waals surface area (Å²) < 4.78 is 12.4. The largest absolute Gasteiger partial charge is 0.353 e. The molecule has 3 aromatic carbocycles. The minimum Gasteiger partial charge on any atom is -0.353 e. The zero-order valence-electron chi connectivity index (χ0n) is 29.3. The van der Waals surface area contributed by atoms with Crippen molar-refractivity contribution < 1.29 is 9.47 Å². The van der Waals surface area contributed by atoms with Crippen molar-refractivity contribution in [3.05, 3.63) is 103 Å². The summed E-state index contributed by atoms with van der Waals surface area (Å²) in [6.45, 7) is 6.23. The molecule has 0 N–H and O–H groups in total. The van der Waals surface area contributed by atoms with Gasteiger partial charge in [0.15, 0.2) is 6.29 Å². The van der Waals surface area contributed by atoms with Gasteiger partial charge in [-0.05, 0) is 87.8 Å². The summed E-state index contributed by atoms with van der Waals surface area (Å²) in [7, 11) is -1.72. The van der Waals surface area contributed by atoms with Gasteiger partial charge in [-0.1, -0.05) is 138 Å². The van der Waals surface area contributed by atoms with E-state index >= 15 is 0 Å². The van der Waals surface area contributed by atoms with Gasteiger partial charge in [-0.2, -0.15) is 0 Å². The van der Waals surface area contributed by atoms with Crippen LogP contribution in [0.2, 0.25) is 0 Å². The van der Waals surface area contributed by atoms with Crippen molar-refractivity contribution in [3.8, 4) is 0 Å². The van der Waals surface area contributed by atoms with Crippen LogP contribution in [0.15, 0.2) is 103 Å². The normalized spacial score (nSPS) is 12.0. The van der Waals surface area contributed by atoms with Crippen molar-refractivity contribution in [1.29, 1.82) is 0 Å². The summed E-state index contributed by atoms with van der Waals surface area (Å²) in [5.74, 6) is 0. The number of unbranched alkanes of at least 4 members (excludes halogenated alkanes) is 12. The van der Waals surface area contributed by atoms with E-state index in [-0.39, 0.29) is 6.29 Å². The van der Waals surface area contributed by atoms with Crippen LogP contribution in [-0.2, 0) is 9.47 Å². The van der Waals surface area contributed by atoms with E-state index in [1.54, 1.807) is 0 Å². The van der Waals surface area contributed by atoms with Crippen LogP contribution >= 0.6 is 7.26 Å². The molecule has 0 fully saturated rings. The Morgan fingerprint density at radius 2 is 0.891 bits per heavy atom. The molecule has 46 heavy (non-hydrogen) atoms. The number of benzene rings is 3. The third-order valence-corrected chi connectivity index (χ3v) is 13.6. The molecule has 3 heteroatoms. The van der Waals surface area contributed by atoms with Crippen LogP contribution in [0.1, 0.15) is 123 Å². The standard InChI is InChI=1S/C43H64O2P/c1-3-5-7-14-27-37-44-43(45-38-28-15-8-6-4-2)36-26-13-11-9-10-12-16-29-39-46(40-30-20-17-21-31-40,41-32-22-18-23-33-41)42-34-24-19-25-35-42/h10,12,17-25,30-35,43H,3-9,11,13-16,26-29,36-39H2,1-2H3/q+1/b12-10+. The molecule has 0 heterocycles. The summed E-state index contributed by atoms with van der Waals surface area (Å²) in [6, 6.07) is 33.8. The minimum absolute atomic E-state index is 0.0182. The van der Waals surface area contributed by atoms with Crippen LogP contribution in [0.5, 0.6) is 0 Å². The van der Waals surface area contributed by atoms with E-state index in [1.165, 1.54) is 99.1 Å². The van der Waals surface area contributed by atoms with Gasteiger partial charge in [0, 0.05) is 13.2 Å². The lowest BCUT2D eigenvalue weighted by atomic mass is 10.1. The first kappa shape index (κ1) is 38.2. The summed E-state index contributed by atoms with van der Waals surface area (Å²) in [6.07, 6.45) is 27.0. The van der Waals surface area contributed by atoms with Crippen LogP contribution in [-0.4, -0.2) is 25.7 Å². The number of hydrogen-bond acceptors (Lipinski definition) is 2. The molecule has 2 nitrogen and oxygen atoms in total. The number of rotatable bonds is 27. The molecule has 0 aromatic heterocycles. The van der Waals surface area contributed by atoms with Gasteiger partial charge in [-0.15, -0.1) is 0 Å². The molecule has 0 unspecified atom stereocenters. The first-order valence-electron chi connectivity index (χ1n) is 18.7. The Morgan fingerprint density at radius 3 is 1.35 bits per heavy atom. The van der Waals surface area contributed by atoms with Crippen molar-refractivity contribution in [2.45, 2.75) is 129 Å². The second kappa shape index (κ2) is 24.9. The summed E-state index contributed by atoms with van der Waals surface area (Å²) in [4.78, 5) is 0. The minimum atomic E-state index is -1.72. The van der Waals surface area contributed by atoms with E-state index in [0.717, 1.165) is 45.3 Å². The van der Waals surface area contributed by atoms with E-state index in [9.17, 15) is 0 Å². The van der Waals surface area contributed by atoms with Crippen molar-refractivity contribution in [3.63, 3.8) is 0 Å². The summed E-state index contributed by atoms with van der Waals surface area (Å²) in [5.41, 5.74) is 0. The molecule has 0 bridgehead atoms. The lowest BCUT2D eigenvalue weighted by molar-refractivity contribution is -0.148. The number of hydrogen-bond donors (Lipinski definition) is 0. The predicted molar refractivity (Wildman–Crippen MR) is 205 cm³/mol. The number of ether oxygens (including phenoxy) is 2. The SMILES string of the molecule is CCCCCCCOC(CCCCC/C=C/CCC[P+](c1ccccc1)(c1ccccc1)c1ccccc1)OCCCCCCC. The molecule has 0 aliphatic heterocycles. The average molecular weight is 644 g/mol. The maximum absolute atomic E-state index is 6.21. The van der Waals surface area contributed by atoms with Gasteiger partial charge in [0.05, 0.1) is 6.16 Å². The molecule has 0 saturated heterocycles. The highest BCUT2D eigenvalue weighted by Crippen LogP contribution is 2.55. The smallest absolute Gasteiger partial charge is 0.157 e. The Balaban J connectivity index is 1.43. The van der Waals surface area contributed by atoms with Crippen molar-refractivity contribution in [1.82, 2.24) is 0 Å². The van der Waals surface area contributed by atoms with Crippen molar-refractivity contribution in [2.75, 3.05) is 19.4 Å². The monoisotopic (exact) mass is 643 g/mol. The molecule has 0 aliphatic carbocycles. The molecule has 0 radical (unpaired) electrons. The fraction of sp³-hybridized carbons (Fsp3) is 0.535. The first-order chi connectivity index (χ1) is 22.8. The fourth-order valence-electron chi connectivity index (χ4n) is 6.37. The van der Waals surface area contributed by atoms with Gasteiger partial charge in [-0.3, -0.25) is 0 Å². The highest BCUT2D eigenvalue weighted by atomic mass is 31.2. The maximum Gasteiger partial charge on any atom is 0.157 e. The van der Waals surface area contributed by atoms with Crippen LogP contribution in [0.4, 0.5) is 0 Å². The third-order valence-electron chi connectivity index (χ3n) is 9.04. The Hall–Kier alpha value is -2.25. The summed E-state index contributed by atoms with van der Waals surface area (Å²) in [5, 5.41) is 4.45. The van der Waals surface area contributed by atoms with Crippen molar-refractivity contribution >= 4 is 23.2 Å². The van der Waals surface area contributed by atoms with Crippen LogP contribution in [0, 0.1) is 0 Å². The zero-order chi connectivity index (χ0) is 32.4. The Bertz CT molecular complexity index is 1020. The maximum atomic E-state index is 6.21. The second-order valence-corrected chi connectivity index (χ2v) is 16.4. The lowest BCUT2D eigenvalue weighted by Crippen LogP contribution is -2.33. The zero-order valence-corrected chi connectivity index (χ0v) is 30.2. The van der Waals surface area contributed by atoms with Crippen LogP contribution in [0.3, 0.4) is 0 Å². The first-order valence-corrected chi connectivity index (χ1v) is 20.7. The molecule has 0 saturated carbocycles. The van der Waals surface area contributed by atoms with E-state index in [4.69, 9.17) is 9.47 Å². The van der Waals surface area contributed by atoms with Gasteiger partial charge < -0.3 is 9.47 Å². The van der Waals surface area contributed by atoms with E-state index in [1.807, 2.05) is 0 Å². The molecule has 252 valence electrons. The van der Waals surface area contributed by atoms with Crippen LogP contribution in [0.25, 0.3) is 0 Å². The van der Waals surface area contributed by atoms with E-state index in [2.05, 4.69) is 117 Å². The topological polar surface area (TPSA) is 18.5 Å². The molecule has 3 rings (SSSR count). The van der Waals surface area contributed by atoms with Gasteiger partial charge in [0.1, 0.15) is 23.2 Å². The molecule has 0 aliphatic rings. The van der Waals surface area contributed by atoms with E-state index < -0.39 is 7.26 Å².